The van der Waals surface area contributed by atoms with E-state index in [0.29, 0.717) is 40.4 Å². The van der Waals surface area contributed by atoms with Gasteiger partial charge >= 0.3 is 6.18 Å². The Morgan fingerprint density at radius 2 is 1.97 bits per heavy atom. The number of rotatable bonds is 10. The molecule has 198 valence electrons. The number of oxime groups is 1. The summed E-state index contributed by atoms with van der Waals surface area (Å²) >= 11 is 0.898. The highest BCUT2D eigenvalue weighted by Crippen LogP contribution is 2.34. The smallest absolute Gasteiger partial charge is 0.405 e. The van der Waals surface area contributed by atoms with Crippen LogP contribution >= 0.6 is 11.3 Å². The first-order chi connectivity index (χ1) is 17.7. The molecule has 0 radical (unpaired) electrons. The number of nitrogens with one attached hydrogen (secondary N) is 1. The number of amides is 1. The van der Waals surface area contributed by atoms with Gasteiger partial charge in [0.2, 0.25) is 12.7 Å². The Kier molecular flexibility index (Phi) is 7.97. The summed E-state index contributed by atoms with van der Waals surface area (Å²) < 4.78 is 48.6. The fourth-order valence-electron chi connectivity index (χ4n) is 3.59. The highest BCUT2D eigenvalue weighted by Gasteiger charge is 2.29. The molecule has 0 aliphatic carbocycles. The minimum Gasteiger partial charge on any atom is -0.454 e. The van der Waals surface area contributed by atoms with Gasteiger partial charge in [0.05, 0.1) is 4.88 Å². The summed E-state index contributed by atoms with van der Waals surface area (Å²) in [4.78, 5) is 29.0. The number of hydrogen-bond acceptors (Lipinski definition) is 10. The number of nitrogens with two attached hydrogens (primary N) is 1. The molecule has 0 saturated heterocycles. The van der Waals surface area contributed by atoms with Crippen molar-refractivity contribution in [1.82, 2.24) is 20.2 Å². The fourth-order valence-corrected chi connectivity index (χ4v) is 4.55. The topological polar surface area (TPSA) is 124 Å². The summed E-state index contributed by atoms with van der Waals surface area (Å²) in [7, 11) is 0. The first-order valence-corrected chi connectivity index (χ1v) is 12.2. The number of alkyl halides is 3. The molecule has 0 fully saturated rings. The van der Waals surface area contributed by atoms with Crippen molar-refractivity contribution < 1.29 is 32.3 Å². The molecule has 0 saturated carbocycles. The van der Waals surface area contributed by atoms with Crippen LogP contribution in [0.3, 0.4) is 0 Å². The monoisotopic (exact) mass is 538 g/mol. The van der Waals surface area contributed by atoms with Gasteiger partial charge in [-0.3, -0.25) is 4.79 Å². The predicted molar refractivity (Wildman–Crippen MR) is 132 cm³/mol. The SMILES string of the molecule is CCN(CC)CCON=C(c1ccc2c(c1)OCO2)c1nc(N)nc2sc(C(=O)NCC(F)(F)F)cc12. The van der Waals surface area contributed by atoms with Crippen molar-refractivity contribution in [3.8, 4) is 11.5 Å². The fraction of sp³-hybridized carbons (Fsp3) is 0.391. The Labute approximate surface area is 214 Å². The van der Waals surface area contributed by atoms with Gasteiger partial charge in [-0.2, -0.15) is 13.2 Å². The number of carbonyl (C=O) groups is 1. The largest absolute Gasteiger partial charge is 0.454 e. The lowest BCUT2D eigenvalue weighted by molar-refractivity contribution is -0.123. The molecule has 1 aliphatic heterocycles. The van der Waals surface area contributed by atoms with E-state index in [1.807, 2.05) is 19.2 Å². The number of nitrogen functional groups attached to an aromatic ring is 1. The van der Waals surface area contributed by atoms with E-state index in [0.717, 1.165) is 24.4 Å². The minimum atomic E-state index is -4.54. The van der Waals surface area contributed by atoms with Crippen LogP contribution < -0.4 is 20.5 Å². The second-order valence-electron chi connectivity index (χ2n) is 7.93. The average Bonchev–Trinajstić information content (AvgIpc) is 3.50. The molecular weight excluding hydrogens is 513 g/mol. The van der Waals surface area contributed by atoms with E-state index in [1.165, 1.54) is 6.07 Å². The van der Waals surface area contributed by atoms with Crippen LogP contribution in [0.15, 0.2) is 29.4 Å². The van der Waals surface area contributed by atoms with Crippen molar-refractivity contribution in [3.63, 3.8) is 0 Å². The lowest BCUT2D eigenvalue weighted by Crippen LogP contribution is -2.33. The van der Waals surface area contributed by atoms with Gasteiger partial charge in [-0.25, -0.2) is 9.97 Å². The Morgan fingerprint density at radius 3 is 2.70 bits per heavy atom. The van der Waals surface area contributed by atoms with Gasteiger partial charge in [0.15, 0.2) is 11.5 Å². The molecule has 14 heteroatoms. The first-order valence-electron chi connectivity index (χ1n) is 11.4. The van der Waals surface area contributed by atoms with Gasteiger partial charge < -0.3 is 30.3 Å². The molecule has 3 aromatic rings. The van der Waals surface area contributed by atoms with Crippen LogP contribution in [-0.4, -0.2) is 72.2 Å². The number of aromatic nitrogens is 2. The molecule has 3 N–H and O–H groups in total. The molecule has 10 nitrogen and oxygen atoms in total. The van der Waals surface area contributed by atoms with Crippen LogP contribution in [0.1, 0.15) is 34.8 Å². The Morgan fingerprint density at radius 1 is 1.22 bits per heavy atom. The van der Waals surface area contributed by atoms with Crippen molar-refractivity contribution in [1.29, 1.82) is 0 Å². The number of ether oxygens (including phenoxy) is 2. The normalized spacial score (nSPS) is 13.4. The third kappa shape index (κ3) is 6.38. The van der Waals surface area contributed by atoms with E-state index in [4.69, 9.17) is 20.0 Å². The molecule has 37 heavy (non-hydrogen) atoms. The van der Waals surface area contributed by atoms with Gasteiger partial charge in [-0.15, -0.1) is 11.3 Å². The van der Waals surface area contributed by atoms with Crippen molar-refractivity contribution in [2.24, 2.45) is 5.16 Å². The number of likely N-dealkylation sites (N-methyl/N-ethyl adjacent to an activating group) is 1. The minimum absolute atomic E-state index is 0.0212. The van der Waals surface area contributed by atoms with E-state index in [1.54, 1.807) is 18.2 Å². The number of benzene rings is 1. The van der Waals surface area contributed by atoms with Crippen molar-refractivity contribution in [2.45, 2.75) is 20.0 Å². The van der Waals surface area contributed by atoms with Gasteiger partial charge in [-0.1, -0.05) is 19.0 Å². The zero-order chi connectivity index (χ0) is 26.6. The quantitative estimate of drug-likeness (QED) is 0.229. The maximum Gasteiger partial charge on any atom is 0.405 e. The second kappa shape index (κ2) is 11.2. The summed E-state index contributed by atoms with van der Waals surface area (Å²) in [6.45, 7) is 5.38. The van der Waals surface area contributed by atoms with Gasteiger partial charge in [0.25, 0.3) is 5.91 Å². The average molecular weight is 539 g/mol. The maximum absolute atomic E-state index is 12.6. The zero-order valence-electron chi connectivity index (χ0n) is 20.1. The van der Waals surface area contributed by atoms with Gasteiger partial charge in [0, 0.05) is 17.5 Å². The van der Waals surface area contributed by atoms with E-state index in [-0.39, 0.29) is 29.0 Å². The van der Waals surface area contributed by atoms with E-state index >= 15 is 0 Å². The second-order valence-corrected chi connectivity index (χ2v) is 8.96. The van der Waals surface area contributed by atoms with Crippen molar-refractivity contribution in [3.05, 3.63) is 40.4 Å². The van der Waals surface area contributed by atoms with Crippen LogP contribution in [0.2, 0.25) is 0 Å². The van der Waals surface area contributed by atoms with Gasteiger partial charge in [-0.05, 0) is 37.4 Å². The number of fused-ring (bicyclic) bond motifs is 2. The van der Waals surface area contributed by atoms with Crippen molar-refractivity contribution >= 4 is 39.1 Å². The number of carbonyl (C=O) groups excluding carboxylic acids is 1. The summed E-state index contributed by atoms with van der Waals surface area (Å²) in [5, 5.41) is 6.60. The van der Waals surface area contributed by atoms with Crippen LogP contribution in [0.4, 0.5) is 19.1 Å². The molecule has 3 heterocycles. The molecule has 0 bridgehead atoms. The van der Waals surface area contributed by atoms with E-state index in [9.17, 15) is 18.0 Å². The standard InChI is InChI=1S/C23H25F3N6O4S/c1-3-32(4-2)7-8-36-31-18(13-5-6-15-16(9-13)35-12-34-15)19-14-10-17(20(33)28-11-23(24,25)26)37-21(14)30-22(27)29-19/h5-6,9-10H,3-4,7-8,11-12H2,1-2H3,(H,28,33)(H2,27,29,30). The van der Waals surface area contributed by atoms with Crippen molar-refractivity contribution in [2.75, 3.05) is 45.3 Å². The third-order valence-corrected chi connectivity index (χ3v) is 6.53. The number of halogens is 3. The Bertz CT molecular complexity index is 1310. The third-order valence-electron chi connectivity index (χ3n) is 5.50. The number of hydrogen-bond donors (Lipinski definition) is 2. The number of anilines is 1. The molecule has 1 amide bonds. The number of nitrogens with zero attached hydrogens (tertiary/aromatic N) is 4. The molecule has 0 unspecified atom stereocenters. The summed E-state index contributed by atoms with van der Waals surface area (Å²) in [6.07, 6.45) is -4.54. The molecular formula is C23H25F3N6O4S. The summed E-state index contributed by atoms with van der Waals surface area (Å²) in [6, 6.07) is 6.59. The number of thiophene rings is 1. The highest BCUT2D eigenvalue weighted by atomic mass is 32.1. The highest BCUT2D eigenvalue weighted by molar-refractivity contribution is 7.20. The maximum atomic E-state index is 12.6. The molecule has 0 atom stereocenters. The molecule has 1 aliphatic rings. The van der Waals surface area contributed by atoms with Crippen LogP contribution in [0.5, 0.6) is 11.5 Å². The molecule has 4 rings (SSSR count). The summed E-state index contributed by atoms with van der Waals surface area (Å²) in [5.41, 5.74) is 7.07. The Hall–Kier alpha value is -3.65. The van der Waals surface area contributed by atoms with Crippen LogP contribution in [0.25, 0.3) is 10.2 Å². The van der Waals surface area contributed by atoms with Gasteiger partial charge in [0.1, 0.15) is 29.4 Å². The molecule has 0 spiro atoms. The Balaban J connectivity index is 1.72. The molecule has 2 aromatic heterocycles. The lowest BCUT2D eigenvalue weighted by Gasteiger charge is -2.16. The zero-order valence-corrected chi connectivity index (χ0v) is 20.9. The first kappa shape index (κ1) is 26.4. The summed E-state index contributed by atoms with van der Waals surface area (Å²) in [5.74, 6) is 0.0891. The van der Waals surface area contributed by atoms with Crippen LogP contribution in [-0.2, 0) is 4.84 Å². The molecule has 1 aromatic carbocycles. The lowest BCUT2D eigenvalue weighted by atomic mass is 10.0. The van der Waals surface area contributed by atoms with E-state index < -0.39 is 18.6 Å². The van der Waals surface area contributed by atoms with Crippen LogP contribution in [0, 0.1) is 0 Å². The predicted octanol–water partition coefficient (Wildman–Crippen LogP) is 3.41. The van der Waals surface area contributed by atoms with E-state index in [2.05, 4.69) is 20.0 Å².